The third-order valence-electron chi connectivity index (χ3n) is 2.14. The summed E-state index contributed by atoms with van der Waals surface area (Å²) in [6, 6.07) is 5.45. The first-order chi connectivity index (χ1) is 7.56. The quantitative estimate of drug-likeness (QED) is 0.439. The maximum Gasteiger partial charge on any atom is 0.235 e. The maximum atomic E-state index is 11.4. The molecule has 0 fully saturated rings. The van der Waals surface area contributed by atoms with Crippen LogP contribution in [0.4, 0.5) is 0 Å². The molecule has 0 aromatic heterocycles. The van der Waals surface area contributed by atoms with Gasteiger partial charge in [-0.25, -0.2) is 0 Å². The number of Topliss-reactive ketones (excluding diaryl/α,β-unsaturated/α-hetero) is 1. The highest BCUT2D eigenvalue weighted by atomic mass is 16.5. The van der Waals surface area contributed by atoms with Gasteiger partial charge in [0.05, 0.1) is 6.10 Å². The summed E-state index contributed by atoms with van der Waals surface area (Å²) in [5.74, 6) is 2.52. The normalized spacial score (nSPS) is 9.94. The standard InChI is InChI=1S/C14H16O2/c1-5-11-7-12(14(15)6-2)9-13(8-11)16-10(3)4/h2,7-10H,5H2,1,3-4H3. The van der Waals surface area contributed by atoms with Gasteiger partial charge in [-0.3, -0.25) is 4.79 Å². The van der Waals surface area contributed by atoms with Crippen LogP contribution in [-0.2, 0) is 6.42 Å². The number of hydrogen-bond donors (Lipinski definition) is 0. The van der Waals surface area contributed by atoms with Gasteiger partial charge in [-0.1, -0.05) is 6.92 Å². The Hall–Kier alpha value is -1.75. The Morgan fingerprint density at radius 2 is 2.12 bits per heavy atom. The molecule has 0 N–H and O–H groups in total. The zero-order chi connectivity index (χ0) is 12.1. The van der Waals surface area contributed by atoms with E-state index in [1.807, 2.05) is 32.9 Å². The first-order valence-corrected chi connectivity index (χ1v) is 5.38. The number of terminal acetylenes is 1. The molecule has 0 saturated heterocycles. The molecule has 0 saturated carbocycles. The van der Waals surface area contributed by atoms with Crippen molar-refractivity contribution in [1.29, 1.82) is 0 Å². The number of benzene rings is 1. The Morgan fingerprint density at radius 1 is 1.44 bits per heavy atom. The highest BCUT2D eigenvalue weighted by Gasteiger charge is 2.07. The molecule has 2 nitrogen and oxygen atoms in total. The van der Waals surface area contributed by atoms with Gasteiger partial charge in [0.15, 0.2) is 0 Å². The molecule has 0 unspecified atom stereocenters. The molecule has 84 valence electrons. The second-order valence-corrected chi connectivity index (χ2v) is 3.86. The summed E-state index contributed by atoms with van der Waals surface area (Å²) in [5.41, 5.74) is 1.58. The summed E-state index contributed by atoms with van der Waals surface area (Å²) in [5, 5.41) is 0. The first kappa shape index (κ1) is 12.3. The van der Waals surface area contributed by atoms with Crippen molar-refractivity contribution >= 4 is 5.78 Å². The molecule has 0 bridgehead atoms. The van der Waals surface area contributed by atoms with Crippen molar-refractivity contribution in [2.75, 3.05) is 0 Å². The van der Waals surface area contributed by atoms with E-state index in [0.717, 1.165) is 12.0 Å². The van der Waals surface area contributed by atoms with Crippen molar-refractivity contribution in [2.45, 2.75) is 33.3 Å². The Kier molecular flexibility index (Phi) is 4.13. The minimum Gasteiger partial charge on any atom is -0.491 e. The predicted molar refractivity (Wildman–Crippen MR) is 64.7 cm³/mol. The lowest BCUT2D eigenvalue weighted by Gasteiger charge is -2.11. The van der Waals surface area contributed by atoms with Crippen molar-refractivity contribution in [2.24, 2.45) is 0 Å². The van der Waals surface area contributed by atoms with Gasteiger partial charge < -0.3 is 4.74 Å². The average molecular weight is 216 g/mol. The van der Waals surface area contributed by atoms with Crippen molar-refractivity contribution in [3.05, 3.63) is 29.3 Å². The van der Waals surface area contributed by atoms with Crippen LogP contribution in [0.5, 0.6) is 5.75 Å². The smallest absolute Gasteiger partial charge is 0.235 e. The third-order valence-corrected chi connectivity index (χ3v) is 2.14. The van der Waals surface area contributed by atoms with Crippen LogP contribution in [-0.4, -0.2) is 11.9 Å². The molecule has 1 aromatic carbocycles. The van der Waals surface area contributed by atoms with Crippen molar-refractivity contribution < 1.29 is 9.53 Å². The number of carbonyl (C=O) groups excluding carboxylic acids is 1. The number of ketones is 1. The fourth-order valence-electron chi connectivity index (χ4n) is 1.42. The Labute approximate surface area is 96.6 Å². The van der Waals surface area contributed by atoms with E-state index in [1.54, 1.807) is 6.07 Å². The minimum absolute atomic E-state index is 0.0842. The molecular formula is C14H16O2. The number of aryl methyl sites for hydroxylation is 1. The molecule has 0 aliphatic carbocycles. The summed E-state index contributed by atoms with van der Waals surface area (Å²) < 4.78 is 5.57. The van der Waals surface area contributed by atoms with Crippen molar-refractivity contribution in [3.8, 4) is 18.1 Å². The van der Waals surface area contributed by atoms with Crippen molar-refractivity contribution in [3.63, 3.8) is 0 Å². The van der Waals surface area contributed by atoms with E-state index in [-0.39, 0.29) is 11.9 Å². The molecule has 1 rings (SSSR count). The lowest BCUT2D eigenvalue weighted by molar-refractivity contribution is 0.105. The van der Waals surface area contributed by atoms with Crippen LogP contribution in [0.3, 0.4) is 0 Å². The summed E-state index contributed by atoms with van der Waals surface area (Å²) in [4.78, 5) is 11.4. The second-order valence-electron chi connectivity index (χ2n) is 3.86. The van der Waals surface area contributed by atoms with Crippen LogP contribution in [0.1, 0.15) is 36.7 Å². The molecular weight excluding hydrogens is 200 g/mol. The van der Waals surface area contributed by atoms with Gasteiger partial charge in [0.25, 0.3) is 0 Å². The van der Waals surface area contributed by atoms with E-state index in [4.69, 9.17) is 11.2 Å². The van der Waals surface area contributed by atoms with Crippen LogP contribution >= 0.6 is 0 Å². The maximum absolute atomic E-state index is 11.4. The number of carbonyl (C=O) groups is 1. The fourth-order valence-corrected chi connectivity index (χ4v) is 1.42. The third kappa shape index (κ3) is 3.13. The van der Waals surface area contributed by atoms with Crippen LogP contribution < -0.4 is 4.74 Å². The van der Waals surface area contributed by atoms with Gasteiger partial charge >= 0.3 is 0 Å². The highest BCUT2D eigenvalue weighted by molar-refractivity contribution is 6.08. The fraction of sp³-hybridized carbons (Fsp3) is 0.357. The second kappa shape index (κ2) is 5.37. The van der Waals surface area contributed by atoms with E-state index in [0.29, 0.717) is 11.3 Å². The molecule has 0 aliphatic heterocycles. The molecule has 0 atom stereocenters. The Balaban J connectivity index is 3.11. The van der Waals surface area contributed by atoms with E-state index < -0.39 is 0 Å². The highest BCUT2D eigenvalue weighted by Crippen LogP contribution is 2.19. The number of rotatable bonds is 4. The van der Waals surface area contributed by atoms with Gasteiger partial charge in [-0.15, -0.1) is 6.42 Å². The van der Waals surface area contributed by atoms with Gasteiger partial charge in [0.1, 0.15) is 5.75 Å². The topological polar surface area (TPSA) is 26.3 Å². The first-order valence-electron chi connectivity index (χ1n) is 5.38. The average Bonchev–Trinajstić information content (AvgIpc) is 2.26. The summed E-state index contributed by atoms with van der Waals surface area (Å²) >= 11 is 0. The predicted octanol–water partition coefficient (Wildman–Crippen LogP) is 2.85. The van der Waals surface area contributed by atoms with E-state index in [9.17, 15) is 4.79 Å². The summed E-state index contributed by atoms with van der Waals surface area (Å²) in [6.45, 7) is 5.92. The molecule has 0 aliphatic rings. The van der Waals surface area contributed by atoms with Gasteiger partial charge in [0.2, 0.25) is 5.78 Å². The summed E-state index contributed by atoms with van der Waals surface area (Å²) in [6.07, 6.45) is 6.04. The van der Waals surface area contributed by atoms with Crippen LogP contribution in [0.2, 0.25) is 0 Å². The number of hydrogen-bond acceptors (Lipinski definition) is 2. The van der Waals surface area contributed by atoms with Gasteiger partial charge in [-0.05, 0) is 50.0 Å². The molecule has 0 amide bonds. The zero-order valence-electron chi connectivity index (χ0n) is 9.91. The van der Waals surface area contributed by atoms with Gasteiger partial charge in [0, 0.05) is 5.56 Å². The van der Waals surface area contributed by atoms with E-state index >= 15 is 0 Å². The largest absolute Gasteiger partial charge is 0.491 e. The monoisotopic (exact) mass is 216 g/mol. The summed E-state index contributed by atoms with van der Waals surface area (Å²) in [7, 11) is 0. The van der Waals surface area contributed by atoms with Crippen molar-refractivity contribution in [1.82, 2.24) is 0 Å². The lowest BCUT2D eigenvalue weighted by atomic mass is 10.1. The van der Waals surface area contributed by atoms with E-state index in [2.05, 4.69) is 5.92 Å². The molecule has 16 heavy (non-hydrogen) atoms. The molecule has 0 heterocycles. The Morgan fingerprint density at radius 3 is 2.62 bits per heavy atom. The SMILES string of the molecule is C#CC(=O)c1cc(CC)cc(OC(C)C)c1. The zero-order valence-corrected chi connectivity index (χ0v) is 9.91. The molecule has 0 spiro atoms. The van der Waals surface area contributed by atoms with Gasteiger partial charge in [-0.2, -0.15) is 0 Å². The molecule has 2 heteroatoms. The number of ether oxygens (including phenoxy) is 1. The molecule has 1 aromatic rings. The van der Waals surface area contributed by atoms with E-state index in [1.165, 1.54) is 0 Å². The lowest BCUT2D eigenvalue weighted by Crippen LogP contribution is -2.07. The Bertz CT molecular complexity index is 425. The van der Waals surface area contributed by atoms with Crippen LogP contribution in [0, 0.1) is 12.3 Å². The molecule has 0 radical (unpaired) electrons. The van der Waals surface area contributed by atoms with Crippen LogP contribution in [0.15, 0.2) is 18.2 Å². The minimum atomic E-state index is -0.302. The van der Waals surface area contributed by atoms with Crippen LogP contribution in [0.25, 0.3) is 0 Å².